The van der Waals surface area contributed by atoms with Gasteiger partial charge in [-0.2, -0.15) is 4.31 Å². The van der Waals surface area contributed by atoms with Crippen molar-refractivity contribution in [2.45, 2.75) is 31.1 Å². The Morgan fingerprint density at radius 1 is 1.40 bits per heavy atom. The third-order valence-electron chi connectivity index (χ3n) is 3.77. The minimum absolute atomic E-state index is 0.277. The van der Waals surface area contributed by atoms with Gasteiger partial charge in [0.05, 0.1) is 0 Å². The fraction of sp³-hybridized carbons (Fsp3) is 0.538. The number of sulfonamides is 1. The third kappa shape index (κ3) is 2.64. The van der Waals surface area contributed by atoms with E-state index in [1.54, 1.807) is 0 Å². The number of benzene rings is 1. The molecule has 2 N–H and O–H groups in total. The van der Waals surface area contributed by atoms with Crippen LogP contribution in [-0.4, -0.2) is 25.8 Å². The zero-order chi connectivity index (χ0) is 14.9. The number of nitrogens with zero attached hydrogens (tertiary/aromatic N) is 1. The molecule has 2 rings (SSSR count). The minimum atomic E-state index is -3.96. The van der Waals surface area contributed by atoms with Gasteiger partial charge in [-0.25, -0.2) is 17.2 Å². The zero-order valence-electron chi connectivity index (χ0n) is 11.3. The van der Waals surface area contributed by atoms with Gasteiger partial charge in [0, 0.05) is 13.1 Å². The highest BCUT2D eigenvalue weighted by atomic mass is 32.2. The summed E-state index contributed by atoms with van der Waals surface area (Å²) >= 11 is 0. The molecule has 0 aromatic heterocycles. The van der Waals surface area contributed by atoms with E-state index >= 15 is 0 Å². The van der Waals surface area contributed by atoms with Crippen molar-refractivity contribution in [2.24, 2.45) is 5.92 Å². The number of hydrogen-bond acceptors (Lipinski definition) is 3. The second-order valence-corrected chi connectivity index (χ2v) is 6.96. The standard InChI is InChI=1S/C13H18F2N2O2S/c1-2-9-4-3-7-17(8-9)20(18,19)11-6-5-10(14)13(16)12(11)15/h5-6,9H,2-4,7-8,16H2,1H3. The number of anilines is 1. The molecule has 1 saturated heterocycles. The van der Waals surface area contributed by atoms with Gasteiger partial charge in [-0.1, -0.05) is 13.3 Å². The van der Waals surface area contributed by atoms with Crippen molar-refractivity contribution in [3.8, 4) is 0 Å². The second kappa shape index (κ2) is 5.65. The van der Waals surface area contributed by atoms with Crippen LogP contribution in [-0.2, 0) is 10.0 Å². The van der Waals surface area contributed by atoms with Gasteiger partial charge in [-0.3, -0.25) is 0 Å². The van der Waals surface area contributed by atoms with E-state index in [4.69, 9.17) is 5.73 Å². The van der Waals surface area contributed by atoms with E-state index in [1.165, 1.54) is 4.31 Å². The predicted molar refractivity (Wildman–Crippen MR) is 72.5 cm³/mol. The van der Waals surface area contributed by atoms with Crippen LogP contribution in [0.3, 0.4) is 0 Å². The lowest BCUT2D eigenvalue weighted by atomic mass is 9.97. The van der Waals surface area contributed by atoms with E-state index in [-0.39, 0.29) is 5.92 Å². The zero-order valence-corrected chi connectivity index (χ0v) is 12.1. The van der Waals surface area contributed by atoms with Crippen LogP contribution in [0.25, 0.3) is 0 Å². The van der Waals surface area contributed by atoms with E-state index in [2.05, 4.69) is 0 Å². The second-order valence-electron chi connectivity index (χ2n) is 5.05. The predicted octanol–water partition coefficient (Wildman–Crippen LogP) is 2.36. The molecule has 0 bridgehead atoms. The molecule has 1 heterocycles. The van der Waals surface area contributed by atoms with Crippen molar-refractivity contribution in [1.82, 2.24) is 4.31 Å². The first kappa shape index (κ1) is 15.2. The molecule has 20 heavy (non-hydrogen) atoms. The largest absolute Gasteiger partial charge is 0.394 e. The smallest absolute Gasteiger partial charge is 0.246 e. The van der Waals surface area contributed by atoms with Gasteiger partial charge in [0.25, 0.3) is 0 Å². The van der Waals surface area contributed by atoms with E-state index in [0.29, 0.717) is 13.1 Å². The molecule has 0 radical (unpaired) electrons. The molecular formula is C13H18F2N2O2S. The monoisotopic (exact) mass is 304 g/mol. The first-order chi connectivity index (χ1) is 9.37. The molecule has 0 spiro atoms. The number of piperidine rings is 1. The summed E-state index contributed by atoms with van der Waals surface area (Å²) in [5, 5.41) is 0. The summed E-state index contributed by atoms with van der Waals surface area (Å²) in [5.41, 5.74) is 4.47. The molecule has 1 aromatic rings. The molecule has 1 aromatic carbocycles. The molecule has 1 unspecified atom stereocenters. The van der Waals surface area contributed by atoms with Gasteiger partial charge in [-0.15, -0.1) is 0 Å². The highest BCUT2D eigenvalue weighted by molar-refractivity contribution is 7.89. The Labute approximate surface area is 117 Å². The van der Waals surface area contributed by atoms with Crippen LogP contribution in [0.4, 0.5) is 14.5 Å². The summed E-state index contributed by atoms with van der Waals surface area (Å²) in [6.07, 6.45) is 2.59. The maximum atomic E-state index is 13.9. The van der Waals surface area contributed by atoms with Crippen molar-refractivity contribution in [1.29, 1.82) is 0 Å². The Morgan fingerprint density at radius 3 is 2.75 bits per heavy atom. The highest BCUT2D eigenvalue weighted by Gasteiger charge is 2.32. The first-order valence-corrected chi connectivity index (χ1v) is 8.05. The Bertz CT molecular complexity index is 605. The summed E-state index contributed by atoms with van der Waals surface area (Å²) < 4.78 is 53.2. The van der Waals surface area contributed by atoms with Crippen LogP contribution in [0.15, 0.2) is 17.0 Å². The summed E-state index contributed by atoms with van der Waals surface area (Å²) in [6, 6.07) is 1.82. The topological polar surface area (TPSA) is 63.4 Å². The average molecular weight is 304 g/mol. The summed E-state index contributed by atoms with van der Waals surface area (Å²) in [7, 11) is -3.96. The number of rotatable bonds is 3. The lowest BCUT2D eigenvalue weighted by molar-refractivity contribution is 0.261. The normalized spacial score (nSPS) is 21.1. The van der Waals surface area contributed by atoms with Crippen molar-refractivity contribution >= 4 is 15.7 Å². The van der Waals surface area contributed by atoms with E-state index in [1.807, 2.05) is 6.92 Å². The maximum absolute atomic E-state index is 13.9. The quantitative estimate of drug-likeness (QED) is 0.872. The van der Waals surface area contributed by atoms with Gasteiger partial charge in [0.1, 0.15) is 16.4 Å². The Balaban J connectivity index is 2.38. The van der Waals surface area contributed by atoms with Crippen LogP contribution in [0.2, 0.25) is 0 Å². The third-order valence-corrected chi connectivity index (χ3v) is 5.65. The van der Waals surface area contributed by atoms with E-state index in [9.17, 15) is 17.2 Å². The molecule has 112 valence electrons. The van der Waals surface area contributed by atoms with Crippen molar-refractivity contribution in [3.63, 3.8) is 0 Å². The Hall–Kier alpha value is -1.21. The van der Waals surface area contributed by atoms with Crippen LogP contribution < -0.4 is 5.73 Å². The molecule has 7 heteroatoms. The molecule has 1 atom stereocenters. The van der Waals surface area contributed by atoms with Gasteiger partial charge in [-0.05, 0) is 30.9 Å². The van der Waals surface area contributed by atoms with Gasteiger partial charge >= 0.3 is 0 Å². The van der Waals surface area contributed by atoms with Crippen LogP contribution in [0.5, 0.6) is 0 Å². The molecular weight excluding hydrogens is 286 g/mol. The SMILES string of the molecule is CCC1CCCN(S(=O)(=O)c2ccc(F)c(N)c2F)C1. The molecule has 0 saturated carbocycles. The minimum Gasteiger partial charge on any atom is -0.394 e. The average Bonchev–Trinajstić information content (AvgIpc) is 2.44. The lowest BCUT2D eigenvalue weighted by Gasteiger charge is -2.31. The van der Waals surface area contributed by atoms with Crippen LogP contribution in [0.1, 0.15) is 26.2 Å². The maximum Gasteiger partial charge on any atom is 0.246 e. The summed E-state index contributed by atoms with van der Waals surface area (Å²) in [6.45, 7) is 2.72. The van der Waals surface area contributed by atoms with E-state index < -0.39 is 32.2 Å². The number of hydrogen-bond donors (Lipinski definition) is 1. The van der Waals surface area contributed by atoms with Crippen molar-refractivity contribution in [2.75, 3.05) is 18.8 Å². The Morgan fingerprint density at radius 2 is 2.10 bits per heavy atom. The highest BCUT2D eigenvalue weighted by Crippen LogP contribution is 2.29. The van der Waals surface area contributed by atoms with Crippen molar-refractivity contribution < 1.29 is 17.2 Å². The molecule has 0 amide bonds. The van der Waals surface area contributed by atoms with E-state index in [0.717, 1.165) is 31.4 Å². The van der Waals surface area contributed by atoms with Crippen LogP contribution >= 0.6 is 0 Å². The fourth-order valence-corrected chi connectivity index (χ4v) is 4.10. The molecule has 1 aliphatic heterocycles. The molecule has 1 aliphatic rings. The van der Waals surface area contributed by atoms with Gasteiger partial charge < -0.3 is 5.73 Å². The van der Waals surface area contributed by atoms with Gasteiger partial charge in [0.2, 0.25) is 10.0 Å². The molecule has 4 nitrogen and oxygen atoms in total. The number of halogens is 2. The first-order valence-electron chi connectivity index (χ1n) is 6.61. The summed E-state index contributed by atoms with van der Waals surface area (Å²) in [5.74, 6) is -1.88. The van der Waals surface area contributed by atoms with Gasteiger partial charge in [0.15, 0.2) is 5.82 Å². The number of nitrogens with two attached hydrogens (primary N) is 1. The summed E-state index contributed by atoms with van der Waals surface area (Å²) in [4.78, 5) is -0.548. The van der Waals surface area contributed by atoms with Crippen molar-refractivity contribution in [3.05, 3.63) is 23.8 Å². The number of nitrogen functional groups attached to an aromatic ring is 1. The molecule has 1 fully saturated rings. The Kier molecular flexibility index (Phi) is 4.29. The fourth-order valence-electron chi connectivity index (χ4n) is 2.47. The molecule has 0 aliphatic carbocycles. The van der Waals surface area contributed by atoms with Crippen LogP contribution in [0, 0.1) is 17.6 Å². The lowest BCUT2D eigenvalue weighted by Crippen LogP contribution is -2.40.